The first-order valence-electron chi connectivity index (χ1n) is 4.57. The van der Waals surface area contributed by atoms with E-state index in [1.54, 1.807) is 0 Å². The summed E-state index contributed by atoms with van der Waals surface area (Å²) in [5.41, 5.74) is 0. The molecule has 1 aromatic rings. The van der Waals surface area contributed by atoms with E-state index in [1.807, 2.05) is 24.3 Å². The lowest BCUT2D eigenvalue weighted by Gasteiger charge is -2.05. The summed E-state index contributed by atoms with van der Waals surface area (Å²) in [5, 5.41) is 10.9. The van der Waals surface area contributed by atoms with E-state index in [9.17, 15) is 4.79 Å². The lowest BCUT2D eigenvalue weighted by atomic mass is 10.3. The minimum absolute atomic E-state index is 0.0128. The second kappa shape index (κ2) is 4.26. The fourth-order valence-electron chi connectivity index (χ4n) is 1.30. The average molecular weight is 319 g/mol. The third-order valence-corrected chi connectivity index (χ3v) is 2.86. The number of benzene rings is 1. The van der Waals surface area contributed by atoms with Crippen molar-refractivity contribution < 1.29 is 14.6 Å². The van der Waals surface area contributed by atoms with Crippen LogP contribution in [-0.2, 0) is 0 Å². The van der Waals surface area contributed by atoms with Gasteiger partial charge in [-0.3, -0.25) is 0 Å². The lowest BCUT2D eigenvalue weighted by Crippen LogP contribution is -2.26. The highest BCUT2D eigenvalue weighted by Gasteiger charge is 2.40. The van der Waals surface area contributed by atoms with Crippen molar-refractivity contribution in [3.63, 3.8) is 0 Å². The first kappa shape index (κ1) is 10.5. The highest BCUT2D eigenvalue weighted by Crippen LogP contribution is 2.28. The summed E-state index contributed by atoms with van der Waals surface area (Å²) in [6.07, 6.45) is -0.256. The van der Waals surface area contributed by atoms with E-state index in [0.29, 0.717) is 0 Å². The molecule has 0 bridgehead atoms. The molecule has 80 valence electrons. The standard InChI is InChI=1S/C10H10INO3/c11-6-1-3-7(4-2-6)15-9-5-8(9)12-10(13)14/h1-4,8-9,12H,5H2,(H,13,14)/t8-,9-/m0/s1. The topological polar surface area (TPSA) is 58.6 Å². The molecule has 0 aliphatic heterocycles. The zero-order valence-electron chi connectivity index (χ0n) is 7.81. The lowest BCUT2D eigenvalue weighted by molar-refractivity contribution is 0.190. The van der Waals surface area contributed by atoms with Gasteiger partial charge in [0.25, 0.3) is 0 Å². The normalized spacial score (nSPS) is 23.3. The fourth-order valence-corrected chi connectivity index (χ4v) is 1.66. The maximum absolute atomic E-state index is 10.3. The van der Waals surface area contributed by atoms with Crippen LogP contribution in [0.3, 0.4) is 0 Å². The number of hydrogen-bond acceptors (Lipinski definition) is 2. The van der Waals surface area contributed by atoms with Gasteiger partial charge in [-0.2, -0.15) is 0 Å². The third kappa shape index (κ3) is 2.98. The Morgan fingerprint density at radius 3 is 2.73 bits per heavy atom. The number of halogens is 1. The molecule has 1 aromatic carbocycles. The van der Waals surface area contributed by atoms with Crippen LogP contribution < -0.4 is 10.1 Å². The fraction of sp³-hybridized carbons (Fsp3) is 0.300. The largest absolute Gasteiger partial charge is 0.488 e. The molecule has 4 nitrogen and oxygen atoms in total. The quantitative estimate of drug-likeness (QED) is 0.839. The van der Waals surface area contributed by atoms with E-state index in [1.165, 1.54) is 0 Å². The van der Waals surface area contributed by atoms with Gasteiger partial charge in [0.15, 0.2) is 0 Å². The molecule has 0 aromatic heterocycles. The molecule has 2 N–H and O–H groups in total. The Labute approximate surface area is 101 Å². The molecule has 0 spiro atoms. The van der Waals surface area contributed by atoms with Crippen LogP contribution in [-0.4, -0.2) is 23.3 Å². The number of carboxylic acid groups (broad SMARTS) is 1. The number of amides is 1. The Bertz CT molecular complexity index is 365. The van der Waals surface area contributed by atoms with E-state index in [4.69, 9.17) is 9.84 Å². The number of ether oxygens (including phenoxy) is 1. The van der Waals surface area contributed by atoms with Crippen molar-refractivity contribution in [2.45, 2.75) is 18.6 Å². The SMILES string of the molecule is O=C(O)N[C@H]1C[C@@H]1Oc1ccc(I)cc1. The molecule has 1 aliphatic rings. The zero-order chi connectivity index (χ0) is 10.8. The van der Waals surface area contributed by atoms with Crippen molar-refractivity contribution in [3.8, 4) is 5.75 Å². The molecule has 5 heteroatoms. The number of rotatable bonds is 3. The van der Waals surface area contributed by atoms with Crippen molar-refractivity contribution in [2.24, 2.45) is 0 Å². The van der Waals surface area contributed by atoms with E-state index in [2.05, 4.69) is 27.9 Å². The second-order valence-electron chi connectivity index (χ2n) is 3.40. The highest BCUT2D eigenvalue weighted by atomic mass is 127. The summed E-state index contributed by atoms with van der Waals surface area (Å²) in [5.74, 6) is 0.787. The Balaban J connectivity index is 1.84. The van der Waals surface area contributed by atoms with Crippen LogP contribution in [0.25, 0.3) is 0 Å². The first-order valence-corrected chi connectivity index (χ1v) is 5.65. The number of carbonyl (C=O) groups is 1. The Morgan fingerprint density at radius 1 is 1.47 bits per heavy atom. The van der Waals surface area contributed by atoms with Crippen molar-refractivity contribution in [1.82, 2.24) is 5.32 Å². The minimum Gasteiger partial charge on any atom is -0.488 e. The molecule has 1 amide bonds. The van der Waals surface area contributed by atoms with Gasteiger partial charge >= 0.3 is 6.09 Å². The molecule has 2 rings (SSSR count). The van der Waals surface area contributed by atoms with Crippen LogP contribution in [0.2, 0.25) is 0 Å². The average Bonchev–Trinajstić information content (AvgIpc) is 2.87. The molecular weight excluding hydrogens is 309 g/mol. The van der Waals surface area contributed by atoms with Gasteiger partial charge in [-0.15, -0.1) is 0 Å². The smallest absolute Gasteiger partial charge is 0.405 e. The van der Waals surface area contributed by atoms with Gasteiger partial charge in [0.2, 0.25) is 0 Å². The van der Waals surface area contributed by atoms with Gasteiger partial charge in [0.1, 0.15) is 11.9 Å². The maximum atomic E-state index is 10.3. The van der Waals surface area contributed by atoms with Gasteiger partial charge < -0.3 is 15.2 Å². The minimum atomic E-state index is -0.992. The predicted octanol–water partition coefficient (Wildman–Crippen LogP) is 2.08. The van der Waals surface area contributed by atoms with Crippen LogP contribution in [0.4, 0.5) is 4.79 Å². The van der Waals surface area contributed by atoms with Gasteiger partial charge in [-0.25, -0.2) is 4.79 Å². The second-order valence-corrected chi connectivity index (χ2v) is 4.65. The van der Waals surface area contributed by atoms with Crippen LogP contribution in [0.1, 0.15) is 6.42 Å². The summed E-state index contributed by atoms with van der Waals surface area (Å²) in [6, 6.07) is 7.63. The van der Waals surface area contributed by atoms with E-state index in [0.717, 1.165) is 15.7 Å². The highest BCUT2D eigenvalue weighted by molar-refractivity contribution is 14.1. The maximum Gasteiger partial charge on any atom is 0.405 e. The van der Waals surface area contributed by atoms with Crippen LogP contribution >= 0.6 is 22.6 Å². The number of nitrogens with one attached hydrogen (secondary N) is 1. The summed E-state index contributed by atoms with van der Waals surface area (Å²) >= 11 is 2.22. The molecule has 1 aliphatic carbocycles. The summed E-state index contributed by atoms with van der Waals surface area (Å²) in [7, 11) is 0. The van der Waals surface area contributed by atoms with Crippen LogP contribution in [0.5, 0.6) is 5.75 Å². The van der Waals surface area contributed by atoms with Gasteiger partial charge in [0.05, 0.1) is 6.04 Å². The molecule has 0 unspecified atom stereocenters. The third-order valence-electron chi connectivity index (χ3n) is 2.14. The summed E-state index contributed by atoms with van der Waals surface area (Å²) < 4.78 is 6.71. The Hall–Kier alpha value is -0.980. The van der Waals surface area contributed by atoms with Gasteiger partial charge in [0, 0.05) is 9.99 Å². The zero-order valence-corrected chi connectivity index (χ0v) is 9.97. The van der Waals surface area contributed by atoms with Crippen molar-refractivity contribution in [1.29, 1.82) is 0 Å². The van der Waals surface area contributed by atoms with Crippen molar-refractivity contribution in [2.75, 3.05) is 0 Å². The monoisotopic (exact) mass is 319 g/mol. The molecule has 15 heavy (non-hydrogen) atoms. The molecular formula is C10H10INO3. The predicted molar refractivity (Wildman–Crippen MR) is 63.1 cm³/mol. The van der Waals surface area contributed by atoms with E-state index < -0.39 is 6.09 Å². The summed E-state index contributed by atoms with van der Waals surface area (Å²) in [4.78, 5) is 10.3. The van der Waals surface area contributed by atoms with Crippen LogP contribution in [0.15, 0.2) is 24.3 Å². The van der Waals surface area contributed by atoms with Crippen molar-refractivity contribution >= 4 is 28.7 Å². The van der Waals surface area contributed by atoms with E-state index >= 15 is 0 Å². The van der Waals surface area contributed by atoms with Gasteiger partial charge in [-0.1, -0.05) is 0 Å². The molecule has 1 saturated carbocycles. The Morgan fingerprint density at radius 2 is 2.13 bits per heavy atom. The summed E-state index contributed by atoms with van der Waals surface area (Å²) in [6.45, 7) is 0. The van der Waals surface area contributed by atoms with E-state index in [-0.39, 0.29) is 12.1 Å². The molecule has 0 radical (unpaired) electrons. The van der Waals surface area contributed by atoms with Crippen LogP contribution in [0, 0.1) is 3.57 Å². The number of hydrogen-bond donors (Lipinski definition) is 2. The Kier molecular flexibility index (Phi) is 2.99. The first-order chi connectivity index (χ1) is 7.15. The van der Waals surface area contributed by atoms with Crippen molar-refractivity contribution in [3.05, 3.63) is 27.8 Å². The molecule has 2 atom stereocenters. The molecule has 0 saturated heterocycles. The van der Waals surface area contributed by atoms with Gasteiger partial charge in [-0.05, 0) is 46.9 Å². The molecule has 0 heterocycles. The molecule has 1 fully saturated rings.